The van der Waals surface area contributed by atoms with E-state index < -0.39 is 5.60 Å². The van der Waals surface area contributed by atoms with E-state index in [0.29, 0.717) is 13.0 Å². The normalized spacial score (nSPS) is 31.1. The summed E-state index contributed by atoms with van der Waals surface area (Å²) in [6, 6.07) is 0.0532. The van der Waals surface area contributed by atoms with Gasteiger partial charge < -0.3 is 10.2 Å². The van der Waals surface area contributed by atoms with Crippen LogP contribution in [0.4, 0.5) is 0 Å². The molecule has 2 unspecified atom stereocenters. The third kappa shape index (κ3) is 2.47. The molecule has 1 rings (SSSR count). The van der Waals surface area contributed by atoms with Gasteiger partial charge in [0.1, 0.15) is 0 Å². The van der Waals surface area contributed by atoms with Gasteiger partial charge in [-0.15, -0.1) is 0 Å². The molecule has 2 N–H and O–H groups in total. The second kappa shape index (κ2) is 3.47. The van der Waals surface area contributed by atoms with Gasteiger partial charge in [-0.2, -0.15) is 0 Å². The minimum Gasteiger partial charge on any atom is -0.392 e. The van der Waals surface area contributed by atoms with E-state index in [1.54, 1.807) is 0 Å². The summed E-state index contributed by atoms with van der Waals surface area (Å²) in [4.78, 5) is 2.19. The van der Waals surface area contributed by atoms with Gasteiger partial charge in [0.2, 0.25) is 0 Å². The van der Waals surface area contributed by atoms with Gasteiger partial charge in [-0.3, -0.25) is 4.90 Å². The molecule has 0 radical (unpaired) electrons. The number of nitrogens with zero attached hydrogens (tertiary/aromatic N) is 1. The Morgan fingerprint density at radius 2 is 1.64 bits per heavy atom. The van der Waals surface area contributed by atoms with Crippen LogP contribution in [0.25, 0.3) is 0 Å². The summed E-state index contributed by atoms with van der Waals surface area (Å²) >= 11 is 0. The Morgan fingerprint density at radius 1 is 1.14 bits per heavy atom. The maximum absolute atomic E-state index is 10.0. The summed E-state index contributed by atoms with van der Waals surface area (Å²) in [6.07, 6.45) is 0.367. The van der Waals surface area contributed by atoms with Crippen molar-refractivity contribution in [1.82, 2.24) is 4.90 Å². The van der Waals surface area contributed by atoms with Crippen LogP contribution in [-0.2, 0) is 0 Å². The first kappa shape index (κ1) is 12.0. The lowest BCUT2D eigenvalue weighted by Crippen LogP contribution is -2.53. The molecule has 84 valence electrons. The Hall–Kier alpha value is -0.120. The maximum Gasteiger partial charge on any atom is 0.0747 e. The summed E-state index contributed by atoms with van der Waals surface area (Å²) in [5.74, 6) is 0. The predicted molar refractivity (Wildman–Crippen MR) is 57.2 cm³/mol. The number of rotatable bonds is 1. The average molecular weight is 201 g/mol. The number of β-amino-alcohol motifs (C(OH)–C–C–N with tert-alkyl or cyclic N) is 1. The summed E-state index contributed by atoms with van der Waals surface area (Å²) in [5, 5.41) is 19.7. The van der Waals surface area contributed by atoms with Crippen LogP contribution in [0.2, 0.25) is 0 Å². The molecule has 0 aromatic rings. The Kier molecular flexibility index (Phi) is 2.96. The molecule has 0 aromatic heterocycles. The maximum atomic E-state index is 10.0. The molecule has 1 fully saturated rings. The molecule has 1 aliphatic rings. The van der Waals surface area contributed by atoms with E-state index >= 15 is 0 Å². The van der Waals surface area contributed by atoms with Gasteiger partial charge in [0, 0.05) is 18.1 Å². The predicted octanol–water partition coefficient (Wildman–Crippen LogP) is 0.991. The van der Waals surface area contributed by atoms with Crippen molar-refractivity contribution >= 4 is 0 Å². The number of aliphatic hydroxyl groups excluding tert-OH is 1. The first-order valence-corrected chi connectivity index (χ1v) is 5.29. The molecule has 2 atom stereocenters. The highest BCUT2D eigenvalue weighted by Crippen LogP contribution is 2.32. The zero-order valence-corrected chi connectivity index (χ0v) is 9.91. The van der Waals surface area contributed by atoms with Crippen LogP contribution in [0.5, 0.6) is 0 Å². The van der Waals surface area contributed by atoms with E-state index in [9.17, 15) is 10.2 Å². The quantitative estimate of drug-likeness (QED) is 0.665. The van der Waals surface area contributed by atoms with Gasteiger partial charge in [0.15, 0.2) is 0 Å². The van der Waals surface area contributed by atoms with Gasteiger partial charge >= 0.3 is 0 Å². The molecule has 3 nitrogen and oxygen atoms in total. The van der Waals surface area contributed by atoms with Gasteiger partial charge in [0.25, 0.3) is 0 Å². The van der Waals surface area contributed by atoms with E-state index in [2.05, 4.69) is 25.7 Å². The van der Waals surface area contributed by atoms with Crippen molar-refractivity contribution in [3.8, 4) is 0 Å². The zero-order valence-electron chi connectivity index (χ0n) is 9.91. The highest BCUT2D eigenvalue weighted by Gasteiger charge is 2.44. The molecule has 14 heavy (non-hydrogen) atoms. The second-order valence-electron chi connectivity index (χ2n) is 5.88. The van der Waals surface area contributed by atoms with Crippen molar-refractivity contribution < 1.29 is 10.2 Å². The van der Waals surface area contributed by atoms with Crippen molar-refractivity contribution in [2.24, 2.45) is 0 Å². The molecule has 0 bridgehead atoms. The van der Waals surface area contributed by atoms with Crippen molar-refractivity contribution in [1.29, 1.82) is 0 Å². The third-order valence-electron chi connectivity index (χ3n) is 2.96. The Labute approximate surface area is 86.7 Å². The van der Waals surface area contributed by atoms with Crippen LogP contribution in [-0.4, -0.2) is 44.9 Å². The second-order valence-corrected chi connectivity index (χ2v) is 5.88. The van der Waals surface area contributed by atoms with E-state index in [1.165, 1.54) is 0 Å². The molecular weight excluding hydrogens is 178 g/mol. The van der Waals surface area contributed by atoms with Crippen molar-refractivity contribution in [2.45, 2.75) is 64.3 Å². The molecule has 0 saturated carbocycles. The van der Waals surface area contributed by atoms with Crippen LogP contribution in [0.15, 0.2) is 0 Å². The Bertz CT molecular complexity index is 180. The number of likely N-dealkylation sites (tertiary alicyclic amines) is 1. The van der Waals surface area contributed by atoms with Gasteiger partial charge in [-0.05, 0) is 41.0 Å². The Balaban J connectivity index is 2.84. The average Bonchev–Trinajstić information content (AvgIpc) is 2.27. The molecule has 0 aliphatic carbocycles. The lowest BCUT2D eigenvalue weighted by molar-refractivity contribution is -0.0323. The van der Waals surface area contributed by atoms with Crippen LogP contribution in [0, 0.1) is 0 Å². The lowest BCUT2D eigenvalue weighted by atomic mass is 9.93. The summed E-state index contributed by atoms with van der Waals surface area (Å²) in [7, 11) is 0. The molecule has 3 heteroatoms. The van der Waals surface area contributed by atoms with Crippen molar-refractivity contribution in [3.63, 3.8) is 0 Å². The molecule has 1 saturated heterocycles. The molecule has 1 heterocycles. The van der Waals surface area contributed by atoms with Crippen molar-refractivity contribution in [3.05, 3.63) is 0 Å². The van der Waals surface area contributed by atoms with Crippen LogP contribution in [0.1, 0.15) is 41.0 Å². The smallest absolute Gasteiger partial charge is 0.0747 e. The van der Waals surface area contributed by atoms with Crippen LogP contribution in [0.3, 0.4) is 0 Å². The molecular formula is C11H23NO2. The van der Waals surface area contributed by atoms with Crippen molar-refractivity contribution in [2.75, 3.05) is 6.54 Å². The summed E-state index contributed by atoms with van der Waals surface area (Å²) < 4.78 is 0. The highest BCUT2D eigenvalue weighted by atomic mass is 16.3. The summed E-state index contributed by atoms with van der Waals surface area (Å²) in [5.41, 5.74) is -0.743. The molecule has 0 aromatic carbocycles. The van der Waals surface area contributed by atoms with E-state index in [1.807, 2.05) is 13.8 Å². The standard InChI is InChI=1S/C11H23NO2/c1-10(2,3)12-7-8(13)6-9(12)11(4,5)14/h8-9,13-14H,6-7H2,1-5H3. The third-order valence-corrected chi connectivity index (χ3v) is 2.96. The van der Waals surface area contributed by atoms with Gasteiger partial charge in [-0.1, -0.05) is 0 Å². The lowest BCUT2D eigenvalue weighted by Gasteiger charge is -2.41. The minimum absolute atomic E-state index is 0.00213. The Morgan fingerprint density at radius 3 is 1.93 bits per heavy atom. The summed E-state index contributed by atoms with van der Waals surface area (Å²) in [6.45, 7) is 10.6. The topological polar surface area (TPSA) is 43.7 Å². The monoisotopic (exact) mass is 201 g/mol. The van der Waals surface area contributed by atoms with Crippen LogP contribution < -0.4 is 0 Å². The van der Waals surface area contributed by atoms with E-state index in [0.717, 1.165) is 0 Å². The highest BCUT2D eigenvalue weighted by molar-refractivity contribution is 4.99. The fraction of sp³-hybridized carbons (Fsp3) is 1.00. The first-order valence-electron chi connectivity index (χ1n) is 5.29. The van der Waals surface area contributed by atoms with Crippen LogP contribution >= 0.6 is 0 Å². The molecule has 1 aliphatic heterocycles. The SMILES string of the molecule is CC(C)(O)C1CC(O)CN1C(C)(C)C. The largest absolute Gasteiger partial charge is 0.392 e. The number of aliphatic hydroxyl groups is 2. The number of hydrogen-bond donors (Lipinski definition) is 2. The minimum atomic E-state index is -0.745. The van der Waals surface area contributed by atoms with E-state index in [-0.39, 0.29) is 17.7 Å². The van der Waals surface area contributed by atoms with Gasteiger partial charge in [-0.25, -0.2) is 0 Å². The fourth-order valence-electron chi connectivity index (χ4n) is 2.22. The van der Waals surface area contributed by atoms with E-state index in [4.69, 9.17) is 0 Å². The fourth-order valence-corrected chi connectivity index (χ4v) is 2.22. The zero-order chi connectivity index (χ0) is 11.1. The van der Waals surface area contributed by atoms with Gasteiger partial charge in [0.05, 0.1) is 11.7 Å². The molecule has 0 spiro atoms. The molecule has 0 amide bonds. The number of hydrogen-bond acceptors (Lipinski definition) is 3. The first-order chi connectivity index (χ1) is 6.12.